The maximum Gasteiger partial charge on any atom is 0.0537 e. The first-order chi connectivity index (χ1) is 26.5. The van der Waals surface area contributed by atoms with E-state index in [0.29, 0.717) is 0 Å². The Bertz CT molecular complexity index is 2510. The van der Waals surface area contributed by atoms with Crippen LogP contribution in [-0.4, -0.2) is 9.13 Å². The highest BCUT2D eigenvalue weighted by atomic mass is 15.0. The first-order valence-corrected chi connectivity index (χ1v) is 19.4. The highest BCUT2D eigenvalue weighted by molar-refractivity contribution is 5.90. The van der Waals surface area contributed by atoms with Crippen LogP contribution in [0, 0.1) is 13.8 Å². The fourth-order valence-corrected chi connectivity index (χ4v) is 8.08. The lowest BCUT2D eigenvalue weighted by Gasteiger charge is -2.14. The molecule has 0 amide bonds. The molecule has 5 aromatic carbocycles. The molecule has 1 aliphatic carbocycles. The molecule has 1 aliphatic rings. The van der Waals surface area contributed by atoms with Crippen molar-refractivity contribution in [1.29, 1.82) is 0 Å². The number of para-hydroxylation sites is 1. The van der Waals surface area contributed by atoms with Gasteiger partial charge in [-0.3, -0.25) is 0 Å². The summed E-state index contributed by atoms with van der Waals surface area (Å²) in [6.07, 6.45) is 20.3. The van der Waals surface area contributed by atoms with Crippen molar-refractivity contribution in [3.05, 3.63) is 208 Å². The Morgan fingerprint density at radius 3 is 1.72 bits per heavy atom. The molecule has 2 nitrogen and oxygen atoms in total. The lowest BCUT2D eigenvalue weighted by molar-refractivity contribution is 0.952. The van der Waals surface area contributed by atoms with Crippen molar-refractivity contribution < 1.29 is 0 Å². The van der Waals surface area contributed by atoms with E-state index < -0.39 is 0 Å². The quantitative estimate of drug-likeness (QED) is 0.119. The van der Waals surface area contributed by atoms with Crippen LogP contribution in [0.2, 0.25) is 0 Å². The Kier molecular flexibility index (Phi) is 10.0. The fourth-order valence-electron chi connectivity index (χ4n) is 8.08. The molecule has 0 bridgehead atoms. The van der Waals surface area contributed by atoms with Crippen LogP contribution < -0.4 is 0 Å². The van der Waals surface area contributed by atoms with Gasteiger partial charge >= 0.3 is 0 Å². The van der Waals surface area contributed by atoms with Gasteiger partial charge in [0.15, 0.2) is 0 Å². The standard InChI is InChI=1S/C52H48N2/c1-5-7-15-49-37(3)47-13-9-11-17-51(47)53(49)45-31-23-41(24-32-45)35-39-19-27-43(28-20-39)44-29-21-40(22-30-44)36-42-25-33-46(34-26-42)54-50(16-8-6-2)38(4)48-14-10-12-18-52(48)54/h5,7-9,11-13,15-34H,1,6,10,14,35-36H2,2-4H3/b15-7-,16-8-. The average molecular weight is 701 g/mol. The van der Waals surface area contributed by atoms with Crippen molar-refractivity contribution in [3.8, 4) is 22.5 Å². The zero-order valence-corrected chi connectivity index (χ0v) is 31.7. The van der Waals surface area contributed by atoms with Gasteiger partial charge in [0.2, 0.25) is 0 Å². The van der Waals surface area contributed by atoms with Gasteiger partial charge in [-0.25, -0.2) is 0 Å². The van der Waals surface area contributed by atoms with Gasteiger partial charge in [-0.05, 0) is 145 Å². The van der Waals surface area contributed by atoms with Crippen LogP contribution in [0.5, 0.6) is 0 Å². The van der Waals surface area contributed by atoms with Gasteiger partial charge < -0.3 is 9.13 Å². The molecule has 0 aliphatic heterocycles. The Hall–Kier alpha value is -6.12. The molecule has 54 heavy (non-hydrogen) atoms. The summed E-state index contributed by atoms with van der Waals surface area (Å²) < 4.78 is 4.79. The maximum atomic E-state index is 3.88. The number of fused-ring (bicyclic) bond motifs is 2. The van der Waals surface area contributed by atoms with Crippen LogP contribution >= 0.6 is 0 Å². The van der Waals surface area contributed by atoms with E-state index in [-0.39, 0.29) is 0 Å². The molecule has 2 heteroatoms. The minimum Gasteiger partial charge on any atom is -0.310 e. The molecule has 0 radical (unpaired) electrons. The van der Waals surface area contributed by atoms with Crippen LogP contribution in [0.25, 0.3) is 51.6 Å². The Balaban J connectivity index is 0.934. The molecule has 2 aromatic heterocycles. The molecule has 2 heterocycles. The second-order valence-electron chi connectivity index (χ2n) is 14.5. The molecule has 0 saturated heterocycles. The lowest BCUT2D eigenvalue weighted by atomic mass is 9.98. The van der Waals surface area contributed by atoms with Crippen molar-refractivity contribution in [1.82, 2.24) is 9.13 Å². The van der Waals surface area contributed by atoms with Crippen molar-refractivity contribution in [2.45, 2.75) is 52.9 Å². The highest BCUT2D eigenvalue weighted by Crippen LogP contribution is 2.33. The van der Waals surface area contributed by atoms with E-state index in [0.717, 1.165) is 32.1 Å². The fraction of sp³-hybridized carbons (Fsp3) is 0.154. The molecular weight excluding hydrogens is 653 g/mol. The molecule has 266 valence electrons. The highest BCUT2D eigenvalue weighted by Gasteiger charge is 2.20. The topological polar surface area (TPSA) is 9.86 Å². The van der Waals surface area contributed by atoms with Crippen LogP contribution in [0.1, 0.15) is 75.8 Å². The summed E-state index contributed by atoms with van der Waals surface area (Å²) in [5.41, 5.74) is 19.4. The van der Waals surface area contributed by atoms with E-state index in [9.17, 15) is 0 Å². The summed E-state index contributed by atoms with van der Waals surface area (Å²) in [5.74, 6) is 0. The lowest BCUT2D eigenvalue weighted by Crippen LogP contribution is -2.02. The largest absolute Gasteiger partial charge is 0.310 e. The number of benzene rings is 5. The van der Waals surface area contributed by atoms with Gasteiger partial charge in [0.25, 0.3) is 0 Å². The molecule has 0 unspecified atom stereocenters. The van der Waals surface area contributed by atoms with Gasteiger partial charge in [0.1, 0.15) is 0 Å². The number of aromatic nitrogens is 2. The van der Waals surface area contributed by atoms with E-state index >= 15 is 0 Å². The van der Waals surface area contributed by atoms with E-state index in [1.54, 1.807) is 0 Å². The summed E-state index contributed by atoms with van der Waals surface area (Å²) in [4.78, 5) is 0. The SMILES string of the molecule is C=C/C=C\c1c(C)c2ccccc2n1-c1ccc(Cc2ccc(-c3ccc(Cc4ccc(-n5c6c(c(C)c5/C=C\CC)CCC=C6)cc4)cc3)cc2)cc1. The minimum absolute atomic E-state index is 0.896. The van der Waals surface area contributed by atoms with Crippen molar-refractivity contribution in [3.63, 3.8) is 0 Å². The second-order valence-corrected chi connectivity index (χ2v) is 14.5. The molecule has 7 aromatic rings. The average Bonchev–Trinajstić information content (AvgIpc) is 3.66. The van der Waals surface area contributed by atoms with Gasteiger partial charge in [-0.15, -0.1) is 0 Å². The normalized spacial score (nSPS) is 12.6. The molecule has 8 rings (SSSR count). The molecule has 0 fully saturated rings. The maximum absolute atomic E-state index is 3.88. The van der Waals surface area contributed by atoms with Gasteiger partial charge in [-0.2, -0.15) is 0 Å². The predicted molar refractivity (Wildman–Crippen MR) is 232 cm³/mol. The second kappa shape index (κ2) is 15.5. The third-order valence-electron chi connectivity index (χ3n) is 11.0. The van der Waals surface area contributed by atoms with Crippen molar-refractivity contribution in [2.75, 3.05) is 0 Å². The molecule has 0 atom stereocenters. The number of allylic oxidation sites excluding steroid dienone is 4. The molecule has 0 spiro atoms. The van der Waals surface area contributed by atoms with Crippen LogP contribution in [0.4, 0.5) is 0 Å². The summed E-state index contributed by atoms with van der Waals surface area (Å²) >= 11 is 0. The number of hydrogen-bond donors (Lipinski definition) is 0. The van der Waals surface area contributed by atoms with Crippen molar-refractivity contribution >= 4 is 29.1 Å². The third kappa shape index (κ3) is 6.88. The van der Waals surface area contributed by atoms with Gasteiger partial charge in [0.05, 0.1) is 5.52 Å². The van der Waals surface area contributed by atoms with Crippen LogP contribution in [0.3, 0.4) is 0 Å². The summed E-state index contributed by atoms with van der Waals surface area (Å²) in [6.45, 7) is 10.6. The predicted octanol–water partition coefficient (Wildman–Crippen LogP) is 13.5. The Morgan fingerprint density at radius 2 is 1.15 bits per heavy atom. The summed E-state index contributed by atoms with van der Waals surface area (Å²) in [7, 11) is 0. The Morgan fingerprint density at radius 1 is 0.611 bits per heavy atom. The van der Waals surface area contributed by atoms with E-state index in [1.165, 1.54) is 89.4 Å². The molecule has 0 saturated carbocycles. The molecule has 0 N–H and O–H groups in total. The monoisotopic (exact) mass is 700 g/mol. The van der Waals surface area contributed by atoms with Gasteiger partial charge in [-0.1, -0.05) is 129 Å². The zero-order chi connectivity index (χ0) is 37.0. The number of nitrogens with zero attached hydrogens (tertiary/aromatic N) is 2. The Labute approximate surface area is 320 Å². The van der Waals surface area contributed by atoms with E-state index in [2.05, 4.69) is 188 Å². The van der Waals surface area contributed by atoms with Crippen molar-refractivity contribution in [2.24, 2.45) is 0 Å². The van der Waals surface area contributed by atoms with E-state index in [1.807, 2.05) is 12.2 Å². The first-order valence-electron chi connectivity index (χ1n) is 19.4. The number of aryl methyl sites for hydroxylation is 1. The van der Waals surface area contributed by atoms with Crippen LogP contribution in [0.15, 0.2) is 152 Å². The number of rotatable bonds is 11. The number of hydrogen-bond acceptors (Lipinski definition) is 0. The van der Waals surface area contributed by atoms with Gasteiger partial charge in [0, 0.05) is 33.8 Å². The summed E-state index contributed by atoms with van der Waals surface area (Å²) in [6, 6.07) is 44.9. The first kappa shape index (κ1) is 34.9. The summed E-state index contributed by atoms with van der Waals surface area (Å²) in [5, 5.41) is 1.28. The third-order valence-corrected chi connectivity index (χ3v) is 11.0. The van der Waals surface area contributed by atoms with E-state index in [4.69, 9.17) is 0 Å². The minimum atomic E-state index is 0.896. The zero-order valence-electron chi connectivity index (χ0n) is 31.7. The smallest absolute Gasteiger partial charge is 0.0537 e. The molecular formula is C52H48N2. The van der Waals surface area contributed by atoms with Crippen LogP contribution in [-0.2, 0) is 19.3 Å².